The van der Waals surface area contributed by atoms with E-state index in [9.17, 15) is 0 Å². The maximum atomic E-state index is 2.33. The van der Waals surface area contributed by atoms with Crippen LogP contribution in [0.3, 0.4) is 0 Å². The Balaban J connectivity index is 0.000000269. The van der Waals surface area contributed by atoms with Crippen LogP contribution in [-0.2, 0) is 24.2 Å². The Hall–Kier alpha value is -0.877. The van der Waals surface area contributed by atoms with E-state index >= 15 is 0 Å². The van der Waals surface area contributed by atoms with Crippen molar-refractivity contribution in [2.45, 2.75) is 45.4 Å². The van der Waals surface area contributed by atoms with Crippen LogP contribution in [0.4, 0.5) is 0 Å². The third-order valence-corrected chi connectivity index (χ3v) is 6.68. The van der Waals surface area contributed by atoms with E-state index in [2.05, 4.69) is 67.6 Å². The SMILES string of the molecule is Cc1cc(C2=CC=CC2)c2[cH-]c3ccccc3c2c1.[Cl-].[Cl-].[Zr+2]=[C]1CCCCC1. The van der Waals surface area contributed by atoms with Gasteiger partial charge < -0.3 is 24.8 Å². The van der Waals surface area contributed by atoms with Gasteiger partial charge in [0.1, 0.15) is 0 Å². The van der Waals surface area contributed by atoms with E-state index in [1.165, 1.54) is 70.3 Å². The molecule has 0 N–H and O–H groups in total. The van der Waals surface area contributed by atoms with Crippen LogP contribution >= 0.6 is 0 Å². The average Bonchev–Trinajstić information content (AvgIpc) is 3.30. The fourth-order valence-corrected chi connectivity index (χ4v) is 4.96. The Morgan fingerprint density at radius 1 is 0.929 bits per heavy atom. The molecule has 28 heavy (non-hydrogen) atoms. The molecule has 1 saturated carbocycles. The second-order valence-corrected chi connectivity index (χ2v) is 9.23. The molecule has 0 unspecified atom stereocenters. The Labute approximate surface area is 195 Å². The molecule has 0 saturated heterocycles. The first-order chi connectivity index (χ1) is 12.7. The van der Waals surface area contributed by atoms with Crippen molar-refractivity contribution in [3.63, 3.8) is 0 Å². The zero-order chi connectivity index (χ0) is 17.9. The van der Waals surface area contributed by atoms with Gasteiger partial charge in [-0.3, -0.25) is 0 Å². The number of benzene rings is 2. The summed E-state index contributed by atoms with van der Waals surface area (Å²) in [5.74, 6) is 0. The van der Waals surface area contributed by atoms with Gasteiger partial charge in [-0.15, -0.1) is 33.7 Å². The minimum atomic E-state index is 0. The second kappa shape index (κ2) is 10.8. The first-order valence-corrected chi connectivity index (χ1v) is 11.0. The zero-order valence-corrected chi connectivity index (χ0v) is 20.2. The van der Waals surface area contributed by atoms with Crippen LogP contribution in [0.2, 0.25) is 0 Å². The third-order valence-electron chi connectivity index (χ3n) is 5.45. The molecule has 3 aromatic carbocycles. The van der Waals surface area contributed by atoms with Crippen LogP contribution in [0.25, 0.3) is 27.1 Å². The number of allylic oxidation sites excluding steroid dienone is 4. The fraction of sp³-hybridized carbons (Fsp3) is 0.280. The van der Waals surface area contributed by atoms with Crippen molar-refractivity contribution >= 4 is 30.3 Å². The van der Waals surface area contributed by atoms with Crippen molar-refractivity contribution in [2.24, 2.45) is 0 Å². The summed E-state index contributed by atoms with van der Waals surface area (Å²) >= 11 is 1.69. The van der Waals surface area contributed by atoms with Crippen LogP contribution in [0.1, 0.15) is 49.7 Å². The molecule has 144 valence electrons. The Kier molecular flexibility index (Phi) is 9.00. The number of hydrogen-bond acceptors (Lipinski definition) is 0. The van der Waals surface area contributed by atoms with E-state index < -0.39 is 0 Å². The molecule has 3 aromatic rings. The van der Waals surface area contributed by atoms with Gasteiger partial charge in [-0.05, 0) is 13.3 Å². The molecule has 2 aliphatic rings. The summed E-state index contributed by atoms with van der Waals surface area (Å²) in [6.07, 6.45) is 15.0. The van der Waals surface area contributed by atoms with Crippen molar-refractivity contribution in [1.29, 1.82) is 0 Å². The van der Waals surface area contributed by atoms with Gasteiger partial charge in [-0.1, -0.05) is 65.3 Å². The molecule has 5 rings (SSSR count). The van der Waals surface area contributed by atoms with Gasteiger partial charge in [0, 0.05) is 0 Å². The second-order valence-electron chi connectivity index (χ2n) is 7.49. The van der Waals surface area contributed by atoms with Crippen molar-refractivity contribution in [1.82, 2.24) is 0 Å². The van der Waals surface area contributed by atoms with E-state index in [0.717, 1.165) is 6.42 Å². The van der Waals surface area contributed by atoms with Crippen molar-refractivity contribution in [2.75, 3.05) is 0 Å². The number of halogens is 2. The van der Waals surface area contributed by atoms with Crippen molar-refractivity contribution in [3.8, 4) is 0 Å². The Morgan fingerprint density at radius 2 is 1.68 bits per heavy atom. The monoisotopic (exact) mass is 485 g/mol. The van der Waals surface area contributed by atoms with Crippen LogP contribution in [-0.4, -0.2) is 3.21 Å². The van der Waals surface area contributed by atoms with Gasteiger partial charge in [0.2, 0.25) is 0 Å². The first kappa shape index (κ1) is 23.4. The van der Waals surface area contributed by atoms with Crippen LogP contribution < -0.4 is 24.8 Å². The maximum absolute atomic E-state index is 2.33. The Bertz CT molecular complexity index is 1020. The molecule has 1 fully saturated rings. The molecular formula is C25H25Cl2Zr-. The molecule has 0 aromatic heterocycles. The first-order valence-electron chi connectivity index (χ1n) is 9.73. The molecule has 0 spiro atoms. The molecule has 0 heterocycles. The average molecular weight is 488 g/mol. The zero-order valence-electron chi connectivity index (χ0n) is 16.3. The van der Waals surface area contributed by atoms with Gasteiger partial charge in [-0.2, -0.15) is 0 Å². The summed E-state index contributed by atoms with van der Waals surface area (Å²) in [5.41, 5.74) is 4.17. The van der Waals surface area contributed by atoms with Crippen molar-refractivity contribution in [3.05, 3.63) is 71.8 Å². The predicted octanol–water partition coefficient (Wildman–Crippen LogP) is 1.04. The number of fused-ring (bicyclic) bond motifs is 3. The molecule has 2 aliphatic carbocycles. The molecule has 3 heteroatoms. The molecule has 0 bridgehead atoms. The standard InChI is InChI=1S/C19H15.C6H10.2ClH.Zr/c1-13-10-17(14-6-2-3-7-14)19-12-15-8-4-5-9-16(15)18(19)11-13;1-2-4-6-5-3-1;;;/h2-6,8-12H,7H2,1H3;1-5H2;2*1H;/q-1;;;;+2/p-2. The number of hydrogen-bond donors (Lipinski definition) is 0. The summed E-state index contributed by atoms with van der Waals surface area (Å²) < 4.78 is 1.80. The van der Waals surface area contributed by atoms with E-state index in [-0.39, 0.29) is 24.8 Å². The molecule has 0 radical (unpaired) electrons. The predicted molar refractivity (Wildman–Crippen MR) is 112 cm³/mol. The van der Waals surface area contributed by atoms with E-state index in [4.69, 9.17) is 0 Å². The summed E-state index contributed by atoms with van der Waals surface area (Å²) in [4.78, 5) is 0. The van der Waals surface area contributed by atoms with E-state index in [0.29, 0.717) is 0 Å². The topological polar surface area (TPSA) is 0 Å². The summed E-state index contributed by atoms with van der Waals surface area (Å²) in [7, 11) is 0. The normalized spacial score (nSPS) is 15.5. The van der Waals surface area contributed by atoms with E-state index in [1.54, 1.807) is 27.4 Å². The van der Waals surface area contributed by atoms with Gasteiger partial charge in [0.25, 0.3) is 0 Å². The van der Waals surface area contributed by atoms with Gasteiger partial charge >= 0.3 is 59.5 Å². The molecule has 0 atom stereocenters. The van der Waals surface area contributed by atoms with Crippen LogP contribution in [0.5, 0.6) is 0 Å². The Morgan fingerprint density at radius 3 is 2.32 bits per heavy atom. The molecular weight excluding hydrogens is 462 g/mol. The summed E-state index contributed by atoms with van der Waals surface area (Å²) in [5, 5.41) is 5.49. The quantitative estimate of drug-likeness (QED) is 0.450. The molecule has 0 aliphatic heterocycles. The van der Waals surface area contributed by atoms with Crippen LogP contribution in [0.15, 0.2) is 60.7 Å². The summed E-state index contributed by atoms with van der Waals surface area (Å²) in [6, 6.07) is 15.6. The summed E-state index contributed by atoms with van der Waals surface area (Å²) in [6.45, 7) is 2.19. The van der Waals surface area contributed by atoms with Crippen LogP contribution in [0, 0.1) is 6.92 Å². The fourth-order valence-electron chi connectivity index (χ4n) is 4.09. The minimum absolute atomic E-state index is 0. The van der Waals surface area contributed by atoms with Gasteiger partial charge in [0.05, 0.1) is 0 Å². The van der Waals surface area contributed by atoms with Gasteiger partial charge in [-0.25, -0.2) is 0 Å². The van der Waals surface area contributed by atoms with Crippen molar-refractivity contribution < 1.29 is 49.0 Å². The number of aryl methyl sites for hydroxylation is 1. The molecule has 0 nitrogen and oxygen atoms in total. The molecule has 0 amide bonds. The van der Waals surface area contributed by atoms with E-state index in [1.807, 2.05) is 0 Å². The van der Waals surface area contributed by atoms with Gasteiger partial charge in [0.15, 0.2) is 0 Å². The third kappa shape index (κ3) is 5.18. The number of rotatable bonds is 1.